The van der Waals surface area contributed by atoms with E-state index in [4.69, 9.17) is 40.5 Å². The van der Waals surface area contributed by atoms with Gasteiger partial charge in [0.25, 0.3) is 0 Å². The van der Waals surface area contributed by atoms with Gasteiger partial charge in [-0.1, -0.05) is 40.9 Å². The van der Waals surface area contributed by atoms with E-state index in [1.54, 1.807) is 36.4 Å². The Labute approximate surface area is 155 Å². The van der Waals surface area contributed by atoms with Crippen LogP contribution < -0.4 is 11.2 Å². The van der Waals surface area contributed by atoms with Crippen molar-refractivity contribution in [1.82, 2.24) is 5.43 Å². The summed E-state index contributed by atoms with van der Waals surface area (Å²) in [5.74, 6) is 0.168. The number of aliphatic imine (C=N–C) groups is 1. The van der Waals surface area contributed by atoms with Crippen LogP contribution in [0.3, 0.4) is 0 Å². The van der Waals surface area contributed by atoms with Crippen molar-refractivity contribution in [1.29, 1.82) is 0 Å². The summed E-state index contributed by atoms with van der Waals surface area (Å²) in [4.78, 5) is 4.17. The molecule has 0 heterocycles. The van der Waals surface area contributed by atoms with Gasteiger partial charge in [-0.25, -0.2) is 10.4 Å². The molecule has 0 aliphatic carbocycles. The molecule has 3 N–H and O–H groups in total. The lowest BCUT2D eigenvalue weighted by molar-refractivity contribution is 1.00. The summed E-state index contributed by atoms with van der Waals surface area (Å²) < 4.78 is 0. The zero-order valence-electron chi connectivity index (χ0n) is 12.1. The van der Waals surface area contributed by atoms with E-state index >= 15 is 0 Å². The molecular weight excluding hydrogens is 378 g/mol. The molecule has 0 spiro atoms. The Balaban J connectivity index is 0.00000264. The molecule has 23 heavy (non-hydrogen) atoms. The molecule has 2 aromatic carbocycles. The quantitative estimate of drug-likeness (QED) is 0.437. The molecule has 0 fully saturated rings. The van der Waals surface area contributed by atoms with Gasteiger partial charge in [0.05, 0.1) is 21.4 Å². The number of nitrogens with two attached hydrogens (primary N) is 1. The van der Waals surface area contributed by atoms with Crippen molar-refractivity contribution in [2.75, 3.05) is 0 Å². The van der Waals surface area contributed by atoms with Gasteiger partial charge in [0.1, 0.15) is 0 Å². The number of hydrogen-bond acceptors (Lipinski definition) is 2. The van der Waals surface area contributed by atoms with Crippen LogP contribution in [0, 0.1) is 0 Å². The molecule has 0 aliphatic rings. The van der Waals surface area contributed by atoms with Crippen LogP contribution in [0.25, 0.3) is 0 Å². The molecule has 0 aliphatic heterocycles. The minimum absolute atomic E-state index is 0. The van der Waals surface area contributed by atoms with Crippen molar-refractivity contribution < 1.29 is 0 Å². The van der Waals surface area contributed by atoms with E-state index < -0.39 is 0 Å². The van der Waals surface area contributed by atoms with E-state index in [-0.39, 0.29) is 18.4 Å². The van der Waals surface area contributed by atoms with E-state index in [0.29, 0.717) is 26.5 Å². The third-order valence-electron chi connectivity index (χ3n) is 2.75. The largest absolute Gasteiger partial charge is 0.368 e. The first-order valence-corrected chi connectivity index (χ1v) is 7.44. The predicted molar refractivity (Wildman–Crippen MR) is 102 cm³/mol. The van der Waals surface area contributed by atoms with Gasteiger partial charge in [-0.2, -0.15) is 5.10 Å². The molecule has 0 atom stereocenters. The van der Waals surface area contributed by atoms with Crippen LogP contribution in [0.4, 0.5) is 5.69 Å². The second kappa shape index (κ2) is 8.99. The number of hydrazone groups is 1. The fraction of sp³-hybridized carbons (Fsp3) is 0.0667. The molecule has 122 valence electrons. The third-order valence-corrected chi connectivity index (χ3v) is 3.74. The van der Waals surface area contributed by atoms with Crippen LogP contribution in [-0.4, -0.2) is 11.7 Å². The molecule has 8 heteroatoms. The third kappa shape index (κ3) is 5.92. The van der Waals surface area contributed by atoms with Gasteiger partial charge in [-0.15, -0.1) is 12.4 Å². The van der Waals surface area contributed by atoms with Crippen molar-refractivity contribution in [3.8, 4) is 0 Å². The van der Waals surface area contributed by atoms with Crippen LogP contribution in [0.5, 0.6) is 0 Å². The van der Waals surface area contributed by atoms with Gasteiger partial charge in [-0.05, 0) is 48.9 Å². The van der Waals surface area contributed by atoms with Gasteiger partial charge in [0, 0.05) is 5.02 Å². The molecule has 0 bridgehead atoms. The number of hydrogen-bond donors (Lipinski definition) is 2. The van der Waals surface area contributed by atoms with Gasteiger partial charge in [0.15, 0.2) is 0 Å². The minimum Gasteiger partial charge on any atom is -0.368 e. The average molecular weight is 392 g/mol. The van der Waals surface area contributed by atoms with Crippen molar-refractivity contribution in [3.63, 3.8) is 0 Å². The Morgan fingerprint density at radius 2 is 1.65 bits per heavy atom. The van der Waals surface area contributed by atoms with E-state index in [9.17, 15) is 0 Å². The highest BCUT2D eigenvalue weighted by Gasteiger charge is 2.02. The first-order chi connectivity index (χ1) is 10.5. The molecule has 0 radical (unpaired) electrons. The summed E-state index contributed by atoms with van der Waals surface area (Å²) >= 11 is 17.7. The molecule has 2 aromatic rings. The molecule has 0 saturated heterocycles. The SMILES string of the molecule is CC(=NNC(N)=Nc1ccc(Cl)cc1)c1ccc(Cl)c(Cl)c1.Cl. The number of benzene rings is 2. The number of nitrogens with one attached hydrogen (secondary N) is 1. The summed E-state index contributed by atoms with van der Waals surface area (Å²) in [6.07, 6.45) is 0. The zero-order chi connectivity index (χ0) is 16.1. The maximum Gasteiger partial charge on any atom is 0.214 e. The molecule has 0 aromatic heterocycles. The number of nitrogens with zero attached hydrogens (tertiary/aromatic N) is 2. The molecule has 0 amide bonds. The molecule has 4 nitrogen and oxygen atoms in total. The Bertz CT molecular complexity index is 727. The van der Waals surface area contributed by atoms with Crippen LogP contribution in [0.1, 0.15) is 12.5 Å². The predicted octanol–water partition coefficient (Wildman–Crippen LogP) is 5.03. The van der Waals surface area contributed by atoms with Crippen LogP contribution >= 0.6 is 47.2 Å². The molecular formula is C15H14Cl4N4. The zero-order valence-corrected chi connectivity index (χ0v) is 15.1. The van der Waals surface area contributed by atoms with Crippen LogP contribution in [-0.2, 0) is 0 Å². The van der Waals surface area contributed by atoms with E-state index in [1.165, 1.54) is 0 Å². The number of rotatable bonds is 3. The lowest BCUT2D eigenvalue weighted by Gasteiger charge is -2.04. The van der Waals surface area contributed by atoms with Gasteiger partial charge in [-0.3, -0.25) is 0 Å². The fourth-order valence-electron chi connectivity index (χ4n) is 1.61. The minimum atomic E-state index is 0. The second-order valence-electron chi connectivity index (χ2n) is 4.41. The Hall–Kier alpha value is -1.46. The average Bonchev–Trinajstić information content (AvgIpc) is 2.50. The highest BCUT2D eigenvalue weighted by Crippen LogP contribution is 2.22. The highest BCUT2D eigenvalue weighted by molar-refractivity contribution is 6.42. The first-order valence-electron chi connectivity index (χ1n) is 6.31. The van der Waals surface area contributed by atoms with Gasteiger partial charge >= 0.3 is 0 Å². The van der Waals surface area contributed by atoms with Crippen molar-refractivity contribution in [2.45, 2.75) is 6.92 Å². The molecule has 2 rings (SSSR count). The molecule has 0 saturated carbocycles. The van der Waals surface area contributed by atoms with Crippen LogP contribution in [0.2, 0.25) is 15.1 Å². The lowest BCUT2D eigenvalue weighted by atomic mass is 10.1. The maximum atomic E-state index is 5.97. The first kappa shape index (κ1) is 19.6. The summed E-state index contributed by atoms with van der Waals surface area (Å²) in [6.45, 7) is 1.82. The summed E-state index contributed by atoms with van der Waals surface area (Å²) in [6, 6.07) is 12.2. The van der Waals surface area contributed by atoms with E-state index in [1.807, 2.05) is 13.0 Å². The van der Waals surface area contributed by atoms with Crippen molar-refractivity contribution in [3.05, 3.63) is 63.1 Å². The normalized spacial score (nSPS) is 11.8. The van der Waals surface area contributed by atoms with Gasteiger partial charge in [0.2, 0.25) is 5.96 Å². The van der Waals surface area contributed by atoms with Crippen molar-refractivity contribution in [2.24, 2.45) is 15.8 Å². The summed E-state index contributed by atoms with van der Waals surface area (Å²) in [5.41, 5.74) is 10.7. The Kier molecular flexibility index (Phi) is 7.65. The van der Waals surface area contributed by atoms with Crippen molar-refractivity contribution >= 4 is 64.6 Å². The highest BCUT2D eigenvalue weighted by atomic mass is 35.5. The monoisotopic (exact) mass is 390 g/mol. The second-order valence-corrected chi connectivity index (χ2v) is 5.66. The number of halogens is 4. The molecule has 0 unspecified atom stereocenters. The van der Waals surface area contributed by atoms with E-state index in [2.05, 4.69) is 15.5 Å². The lowest BCUT2D eigenvalue weighted by Crippen LogP contribution is -2.27. The Morgan fingerprint density at radius 3 is 2.26 bits per heavy atom. The Morgan fingerprint density at radius 1 is 1.00 bits per heavy atom. The summed E-state index contributed by atoms with van der Waals surface area (Å²) in [7, 11) is 0. The summed E-state index contributed by atoms with van der Waals surface area (Å²) in [5, 5.41) is 5.76. The topological polar surface area (TPSA) is 62.8 Å². The van der Waals surface area contributed by atoms with E-state index in [0.717, 1.165) is 5.56 Å². The smallest absolute Gasteiger partial charge is 0.214 e. The number of guanidine groups is 1. The fourth-order valence-corrected chi connectivity index (χ4v) is 2.03. The van der Waals surface area contributed by atoms with Crippen LogP contribution in [0.15, 0.2) is 52.6 Å². The van der Waals surface area contributed by atoms with Gasteiger partial charge < -0.3 is 5.73 Å². The maximum absolute atomic E-state index is 5.97. The standard InChI is InChI=1S/C15H13Cl3N4.ClH/c1-9(10-2-7-13(17)14(18)8-10)21-22-15(19)20-12-5-3-11(16)4-6-12;/h2-8H,1H3,(H3,19,20,22);1H.